The molecule has 0 unspecified atom stereocenters. The molecule has 0 aliphatic heterocycles. The summed E-state index contributed by atoms with van der Waals surface area (Å²) in [7, 11) is 0. The molecule has 0 aliphatic carbocycles. The quantitative estimate of drug-likeness (QED) is 0.655. The molecular formula is C19H20. The highest BCUT2D eigenvalue weighted by Gasteiger charge is 2.02. The van der Waals surface area contributed by atoms with Gasteiger partial charge in [0, 0.05) is 0 Å². The van der Waals surface area contributed by atoms with Gasteiger partial charge in [-0.25, -0.2) is 0 Å². The van der Waals surface area contributed by atoms with Gasteiger partial charge in [0.2, 0.25) is 0 Å². The van der Waals surface area contributed by atoms with E-state index in [1.807, 2.05) is 6.07 Å². The second-order valence-electron chi connectivity index (χ2n) is 4.94. The van der Waals surface area contributed by atoms with Crippen LogP contribution in [0.4, 0.5) is 0 Å². The highest BCUT2D eigenvalue weighted by Crippen LogP contribution is 2.24. The maximum absolute atomic E-state index is 4.18. The predicted octanol–water partition coefficient (Wildman–Crippen LogP) is 5.50. The van der Waals surface area contributed by atoms with E-state index in [9.17, 15) is 0 Å². The predicted molar refractivity (Wildman–Crippen MR) is 84.9 cm³/mol. The first-order valence-corrected chi connectivity index (χ1v) is 6.65. The van der Waals surface area contributed by atoms with Gasteiger partial charge < -0.3 is 0 Å². The van der Waals surface area contributed by atoms with E-state index in [4.69, 9.17) is 0 Å². The average Bonchev–Trinajstić information content (AvgIpc) is 2.46. The number of hydrogen-bond donors (Lipinski definition) is 0. The number of benzene rings is 2. The molecule has 0 amide bonds. The summed E-state index contributed by atoms with van der Waals surface area (Å²) in [6.45, 7) is 10.4. The molecule has 0 bridgehead atoms. The van der Waals surface area contributed by atoms with Crippen LogP contribution in [-0.4, -0.2) is 0 Å². The molecule has 0 radical (unpaired) electrons. The van der Waals surface area contributed by atoms with E-state index in [0.717, 1.165) is 12.8 Å². The lowest BCUT2D eigenvalue weighted by molar-refractivity contribution is 1.09. The van der Waals surface area contributed by atoms with E-state index in [1.54, 1.807) is 0 Å². The lowest BCUT2D eigenvalue weighted by Crippen LogP contribution is -1.87. The summed E-state index contributed by atoms with van der Waals surface area (Å²) in [5.74, 6) is 0. The second kappa shape index (κ2) is 6.19. The van der Waals surface area contributed by atoms with Crippen LogP contribution in [0.2, 0.25) is 0 Å². The van der Waals surface area contributed by atoms with Crippen molar-refractivity contribution >= 4 is 11.1 Å². The number of aryl methyl sites for hydroxylation is 1. The van der Waals surface area contributed by atoms with Crippen LogP contribution in [0.5, 0.6) is 0 Å². The summed E-state index contributed by atoms with van der Waals surface area (Å²) in [4.78, 5) is 0. The van der Waals surface area contributed by atoms with E-state index in [2.05, 4.69) is 68.6 Å². The summed E-state index contributed by atoms with van der Waals surface area (Å²) in [5, 5.41) is 0. The molecule has 0 nitrogen and oxygen atoms in total. The van der Waals surface area contributed by atoms with Crippen LogP contribution < -0.4 is 0 Å². The van der Waals surface area contributed by atoms with Crippen molar-refractivity contribution in [2.75, 3.05) is 0 Å². The van der Waals surface area contributed by atoms with Crippen LogP contribution in [0, 0.1) is 6.92 Å². The van der Waals surface area contributed by atoms with Crippen molar-refractivity contribution < 1.29 is 0 Å². The Morgan fingerprint density at radius 1 is 0.737 bits per heavy atom. The number of allylic oxidation sites excluding steroid dienone is 2. The van der Waals surface area contributed by atoms with Gasteiger partial charge in [-0.1, -0.05) is 73.3 Å². The summed E-state index contributed by atoms with van der Waals surface area (Å²) in [5.41, 5.74) is 6.09. The molecule has 0 spiro atoms. The van der Waals surface area contributed by atoms with Crippen LogP contribution in [0.3, 0.4) is 0 Å². The van der Waals surface area contributed by atoms with E-state index in [-0.39, 0.29) is 0 Å². The Balaban J connectivity index is 1.94. The van der Waals surface area contributed by atoms with Gasteiger partial charge in [0.1, 0.15) is 0 Å². The van der Waals surface area contributed by atoms with E-state index in [1.165, 1.54) is 27.8 Å². The molecule has 0 saturated carbocycles. The molecule has 96 valence electrons. The fraction of sp³-hybridized carbons (Fsp3) is 0.158. The molecule has 0 aromatic heterocycles. The first kappa shape index (κ1) is 13.4. The van der Waals surface area contributed by atoms with Crippen molar-refractivity contribution in [1.82, 2.24) is 0 Å². The van der Waals surface area contributed by atoms with Crippen LogP contribution >= 0.6 is 0 Å². The topological polar surface area (TPSA) is 0 Å². The molecule has 2 aromatic rings. The van der Waals surface area contributed by atoms with Crippen molar-refractivity contribution in [2.45, 2.75) is 19.8 Å². The molecule has 0 fully saturated rings. The lowest BCUT2D eigenvalue weighted by Gasteiger charge is -2.09. The Labute approximate surface area is 116 Å². The zero-order valence-electron chi connectivity index (χ0n) is 11.5. The van der Waals surface area contributed by atoms with E-state index in [0.29, 0.717) is 0 Å². The maximum atomic E-state index is 4.18. The number of rotatable bonds is 5. The van der Waals surface area contributed by atoms with E-state index < -0.39 is 0 Å². The summed E-state index contributed by atoms with van der Waals surface area (Å²) < 4.78 is 0. The van der Waals surface area contributed by atoms with Gasteiger partial charge in [-0.05, 0) is 42.0 Å². The molecule has 0 N–H and O–H groups in total. The molecule has 0 atom stereocenters. The van der Waals surface area contributed by atoms with Crippen LogP contribution in [0.25, 0.3) is 11.1 Å². The average molecular weight is 248 g/mol. The standard InChI is InChI=1S/C19H20/c1-15-9-13-19(14-10-15)17(3)12-11-16(2)18-7-5-4-6-8-18/h4-10,13-14H,2-3,11-12H2,1H3. The third kappa shape index (κ3) is 3.69. The molecule has 2 aromatic carbocycles. The van der Waals surface area contributed by atoms with Gasteiger partial charge in [-0.15, -0.1) is 0 Å². The molecular weight excluding hydrogens is 228 g/mol. The maximum Gasteiger partial charge on any atom is -0.0230 e. The van der Waals surface area contributed by atoms with Crippen LogP contribution in [-0.2, 0) is 0 Å². The van der Waals surface area contributed by atoms with Gasteiger partial charge in [-0.3, -0.25) is 0 Å². The highest BCUT2D eigenvalue weighted by atomic mass is 14.1. The third-order valence-corrected chi connectivity index (χ3v) is 3.37. The van der Waals surface area contributed by atoms with E-state index >= 15 is 0 Å². The first-order valence-electron chi connectivity index (χ1n) is 6.65. The fourth-order valence-electron chi connectivity index (χ4n) is 2.05. The minimum atomic E-state index is 0.955. The van der Waals surface area contributed by atoms with Crippen molar-refractivity contribution in [3.63, 3.8) is 0 Å². The van der Waals surface area contributed by atoms with Crippen molar-refractivity contribution in [3.05, 3.63) is 84.4 Å². The normalized spacial score (nSPS) is 10.2. The molecule has 0 heterocycles. The first-order chi connectivity index (χ1) is 9.16. The van der Waals surface area contributed by atoms with Crippen LogP contribution in [0.15, 0.2) is 67.8 Å². The van der Waals surface area contributed by atoms with Crippen LogP contribution in [0.1, 0.15) is 29.5 Å². The Morgan fingerprint density at radius 3 is 1.74 bits per heavy atom. The summed E-state index contributed by atoms with van der Waals surface area (Å²) >= 11 is 0. The van der Waals surface area contributed by atoms with Gasteiger partial charge >= 0.3 is 0 Å². The minimum absolute atomic E-state index is 0.955. The smallest absolute Gasteiger partial charge is 0.0230 e. The third-order valence-electron chi connectivity index (χ3n) is 3.37. The highest BCUT2D eigenvalue weighted by molar-refractivity contribution is 5.68. The van der Waals surface area contributed by atoms with Gasteiger partial charge in [0.25, 0.3) is 0 Å². The summed E-state index contributed by atoms with van der Waals surface area (Å²) in [6.07, 6.45) is 1.91. The minimum Gasteiger partial charge on any atom is -0.0952 e. The molecule has 0 saturated heterocycles. The Bertz CT molecular complexity index is 559. The fourth-order valence-corrected chi connectivity index (χ4v) is 2.05. The second-order valence-corrected chi connectivity index (χ2v) is 4.94. The zero-order chi connectivity index (χ0) is 13.7. The zero-order valence-corrected chi connectivity index (χ0v) is 11.5. The van der Waals surface area contributed by atoms with Gasteiger partial charge in [0.05, 0.1) is 0 Å². The molecule has 0 heteroatoms. The Morgan fingerprint density at radius 2 is 1.21 bits per heavy atom. The van der Waals surface area contributed by atoms with Crippen molar-refractivity contribution in [3.8, 4) is 0 Å². The van der Waals surface area contributed by atoms with Gasteiger partial charge in [-0.2, -0.15) is 0 Å². The van der Waals surface area contributed by atoms with Crippen molar-refractivity contribution in [1.29, 1.82) is 0 Å². The Kier molecular flexibility index (Phi) is 4.35. The van der Waals surface area contributed by atoms with Gasteiger partial charge in [0.15, 0.2) is 0 Å². The molecule has 19 heavy (non-hydrogen) atoms. The largest absolute Gasteiger partial charge is 0.0952 e. The molecule has 0 aliphatic rings. The molecule has 2 rings (SSSR count). The lowest BCUT2D eigenvalue weighted by atomic mass is 9.96. The SMILES string of the molecule is C=C(CCC(=C)c1ccc(C)cc1)c1ccccc1. The number of hydrogen-bond acceptors (Lipinski definition) is 0. The summed E-state index contributed by atoms with van der Waals surface area (Å²) in [6, 6.07) is 18.9. The van der Waals surface area contributed by atoms with Crippen molar-refractivity contribution in [2.24, 2.45) is 0 Å². The Hall–Kier alpha value is -2.08. The monoisotopic (exact) mass is 248 g/mol.